The van der Waals surface area contributed by atoms with Crippen LogP contribution < -0.4 is 10.1 Å². The highest BCUT2D eigenvalue weighted by Gasteiger charge is 2.28. The van der Waals surface area contributed by atoms with E-state index in [2.05, 4.69) is 10.1 Å². The zero-order chi connectivity index (χ0) is 24.9. The molecule has 2 aromatic rings. The van der Waals surface area contributed by atoms with Crippen molar-refractivity contribution in [2.45, 2.75) is 52.2 Å². The van der Waals surface area contributed by atoms with Gasteiger partial charge in [-0.25, -0.2) is 9.59 Å². The van der Waals surface area contributed by atoms with Gasteiger partial charge in [-0.3, -0.25) is 4.79 Å². The lowest BCUT2D eigenvalue weighted by Crippen LogP contribution is -2.42. The fourth-order valence-corrected chi connectivity index (χ4v) is 3.81. The second-order valence-corrected chi connectivity index (χ2v) is 9.29. The number of aryl methyl sites for hydroxylation is 1. The van der Waals surface area contributed by atoms with Crippen molar-refractivity contribution in [3.05, 3.63) is 47.8 Å². The maximum absolute atomic E-state index is 13.1. The number of ether oxygens (including phenoxy) is 3. The highest BCUT2D eigenvalue weighted by molar-refractivity contribution is 6.03. The second kappa shape index (κ2) is 10.6. The van der Waals surface area contributed by atoms with Crippen molar-refractivity contribution in [2.24, 2.45) is 0 Å². The molecule has 9 nitrogen and oxygen atoms in total. The first-order valence-corrected chi connectivity index (χ1v) is 11.3. The molecule has 3 rings (SSSR count). The van der Waals surface area contributed by atoms with E-state index in [9.17, 15) is 14.4 Å². The monoisotopic (exact) mass is 471 g/mol. The van der Waals surface area contributed by atoms with Crippen LogP contribution in [0.3, 0.4) is 0 Å². The molecule has 0 saturated carbocycles. The summed E-state index contributed by atoms with van der Waals surface area (Å²) >= 11 is 0. The fraction of sp³-hybridized carbons (Fsp3) is 0.480. The van der Waals surface area contributed by atoms with E-state index in [0.29, 0.717) is 30.2 Å². The molecule has 34 heavy (non-hydrogen) atoms. The van der Waals surface area contributed by atoms with Crippen molar-refractivity contribution >= 4 is 23.7 Å². The minimum absolute atomic E-state index is 0.115. The number of nitrogens with one attached hydrogen (secondary N) is 1. The third-order valence-electron chi connectivity index (χ3n) is 5.55. The molecule has 1 aliphatic rings. The van der Waals surface area contributed by atoms with Crippen molar-refractivity contribution in [1.29, 1.82) is 0 Å². The van der Waals surface area contributed by atoms with Gasteiger partial charge in [0.1, 0.15) is 17.0 Å². The average Bonchev–Trinajstić information content (AvgIpc) is 3.28. The molecular weight excluding hydrogens is 438 g/mol. The molecular formula is C25H33N3O6. The van der Waals surface area contributed by atoms with Crippen molar-refractivity contribution in [3.63, 3.8) is 0 Å². The SMILES string of the molecule is COC(=O)COc1ccc(NC(=O)c2cccn2C2CCN(C(=O)OC(C)(C)C)CC2)c(C)c1. The molecule has 1 aromatic heterocycles. The van der Waals surface area contributed by atoms with E-state index in [0.717, 1.165) is 18.4 Å². The van der Waals surface area contributed by atoms with Crippen LogP contribution >= 0.6 is 0 Å². The Morgan fingerprint density at radius 3 is 2.44 bits per heavy atom. The minimum Gasteiger partial charge on any atom is -0.482 e. The Hall–Kier alpha value is -3.49. The lowest BCUT2D eigenvalue weighted by atomic mass is 10.0. The molecule has 0 spiro atoms. The molecule has 1 aromatic carbocycles. The summed E-state index contributed by atoms with van der Waals surface area (Å²) in [5, 5.41) is 2.96. The van der Waals surface area contributed by atoms with Crippen LogP contribution in [-0.4, -0.2) is 59.8 Å². The molecule has 1 fully saturated rings. The lowest BCUT2D eigenvalue weighted by Gasteiger charge is -2.34. The van der Waals surface area contributed by atoms with E-state index in [1.54, 1.807) is 29.2 Å². The van der Waals surface area contributed by atoms with Crippen molar-refractivity contribution in [2.75, 3.05) is 32.1 Å². The van der Waals surface area contributed by atoms with Crippen LogP contribution in [0.15, 0.2) is 36.5 Å². The summed E-state index contributed by atoms with van der Waals surface area (Å²) < 4.78 is 17.4. The Morgan fingerprint density at radius 1 is 1.12 bits per heavy atom. The zero-order valence-electron chi connectivity index (χ0n) is 20.4. The number of rotatable bonds is 6. The molecule has 0 unspecified atom stereocenters. The molecule has 2 heterocycles. The number of carbonyl (C=O) groups is 3. The number of benzene rings is 1. The number of hydrogen-bond acceptors (Lipinski definition) is 6. The Kier molecular flexibility index (Phi) is 7.86. The van der Waals surface area contributed by atoms with Crippen molar-refractivity contribution in [3.8, 4) is 5.75 Å². The Balaban J connectivity index is 1.61. The standard InChI is InChI=1S/C25H33N3O6/c1-17-15-19(33-16-22(29)32-5)8-9-20(17)26-23(30)21-7-6-12-28(21)18-10-13-27(14-11-18)24(31)34-25(2,3)4/h6-9,12,15,18H,10-11,13-14,16H2,1-5H3,(H,26,30). The first-order valence-electron chi connectivity index (χ1n) is 11.3. The predicted octanol–water partition coefficient (Wildman–Crippen LogP) is 4.17. The number of nitrogens with zero attached hydrogens (tertiary/aromatic N) is 2. The molecule has 0 bridgehead atoms. The number of anilines is 1. The average molecular weight is 472 g/mol. The summed E-state index contributed by atoms with van der Waals surface area (Å²) in [6.07, 6.45) is 3.07. The summed E-state index contributed by atoms with van der Waals surface area (Å²) in [6, 6.07) is 8.95. The smallest absolute Gasteiger partial charge is 0.410 e. The number of piperidine rings is 1. The molecule has 2 amide bonds. The maximum Gasteiger partial charge on any atom is 0.410 e. The number of esters is 1. The van der Waals surface area contributed by atoms with E-state index in [1.165, 1.54) is 7.11 Å². The van der Waals surface area contributed by atoms with Gasteiger partial charge >= 0.3 is 12.1 Å². The number of aromatic nitrogens is 1. The zero-order valence-corrected chi connectivity index (χ0v) is 20.4. The van der Waals surface area contributed by atoms with Gasteiger partial charge in [-0.1, -0.05) is 0 Å². The van der Waals surface area contributed by atoms with E-state index in [4.69, 9.17) is 9.47 Å². The summed E-state index contributed by atoms with van der Waals surface area (Å²) in [5.74, 6) is -0.167. The molecule has 184 valence electrons. The van der Waals surface area contributed by atoms with Gasteiger partial charge in [0.25, 0.3) is 5.91 Å². The molecule has 1 N–H and O–H groups in total. The van der Waals surface area contributed by atoms with Crippen LogP contribution in [0.2, 0.25) is 0 Å². The third-order valence-corrected chi connectivity index (χ3v) is 5.55. The van der Waals surface area contributed by atoms with Gasteiger partial charge in [0, 0.05) is 31.0 Å². The maximum atomic E-state index is 13.1. The van der Waals surface area contributed by atoms with Gasteiger partial charge in [0.05, 0.1) is 7.11 Å². The molecule has 9 heteroatoms. The summed E-state index contributed by atoms with van der Waals surface area (Å²) in [7, 11) is 1.30. The Labute approximate surface area is 200 Å². The van der Waals surface area contributed by atoms with E-state index in [-0.39, 0.29) is 24.6 Å². The van der Waals surface area contributed by atoms with Gasteiger partial charge in [-0.2, -0.15) is 0 Å². The number of likely N-dealkylation sites (tertiary alicyclic amines) is 1. The predicted molar refractivity (Wildman–Crippen MR) is 127 cm³/mol. The molecule has 0 aliphatic carbocycles. The highest BCUT2D eigenvalue weighted by Crippen LogP contribution is 2.27. The number of amides is 2. The van der Waals surface area contributed by atoms with Crippen molar-refractivity contribution in [1.82, 2.24) is 9.47 Å². The quantitative estimate of drug-likeness (QED) is 0.635. The van der Waals surface area contributed by atoms with Gasteiger partial charge in [0.15, 0.2) is 6.61 Å². The Bertz CT molecular complexity index is 1030. The van der Waals surface area contributed by atoms with Crippen LogP contribution in [0.1, 0.15) is 55.7 Å². The second-order valence-electron chi connectivity index (χ2n) is 9.29. The topological polar surface area (TPSA) is 99.1 Å². The van der Waals surface area contributed by atoms with Crippen molar-refractivity contribution < 1.29 is 28.6 Å². The van der Waals surface area contributed by atoms with Crippen LogP contribution in [-0.2, 0) is 14.3 Å². The Morgan fingerprint density at radius 2 is 1.82 bits per heavy atom. The van der Waals surface area contributed by atoms with Gasteiger partial charge in [0.2, 0.25) is 0 Å². The largest absolute Gasteiger partial charge is 0.482 e. The molecule has 1 saturated heterocycles. The van der Waals surface area contributed by atoms with Crippen LogP contribution in [0.25, 0.3) is 0 Å². The molecule has 0 atom stereocenters. The summed E-state index contributed by atoms with van der Waals surface area (Å²) in [5.41, 5.74) is 1.49. The normalized spacial score (nSPS) is 14.4. The lowest BCUT2D eigenvalue weighted by molar-refractivity contribution is -0.142. The summed E-state index contributed by atoms with van der Waals surface area (Å²) in [4.78, 5) is 38.4. The van der Waals surface area contributed by atoms with E-state index >= 15 is 0 Å². The summed E-state index contributed by atoms with van der Waals surface area (Å²) in [6.45, 7) is 8.39. The van der Waals surface area contributed by atoms with E-state index in [1.807, 2.05) is 44.5 Å². The van der Waals surface area contributed by atoms with Crippen LogP contribution in [0, 0.1) is 6.92 Å². The highest BCUT2D eigenvalue weighted by atomic mass is 16.6. The van der Waals surface area contributed by atoms with Gasteiger partial charge < -0.3 is 29.0 Å². The number of methoxy groups -OCH3 is 1. The number of carbonyl (C=O) groups excluding carboxylic acids is 3. The molecule has 0 radical (unpaired) electrons. The third kappa shape index (κ3) is 6.52. The first-order chi connectivity index (χ1) is 16.1. The van der Waals surface area contributed by atoms with Gasteiger partial charge in [-0.15, -0.1) is 0 Å². The number of hydrogen-bond donors (Lipinski definition) is 1. The molecule has 1 aliphatic heterocycles. The first kappa shape index (κ1) is 25.1. The fourth-order valence-electron chi connectivity index (χ4n) is 3.81. The van der Waals surface area contributed by atoms with Gasteiger partial charge in [-0.05, 0) is 76.4 Å². The van der Waals surface area contributed by atoms with Crippen LogP contribution in [0.5, 0.6) is 5.75 Å². The van der Waals surface area contributed by atoms with E-state index < -0.39 is 11.6 Å². The minimum atomic E-state index is -0.524. The van der Waals surface area contributed by atoms with Crippen LogP contribution in [0.4, 0.5) is 10.5 Å².